The van der Waals surface area contributed by atoms with E-state index >= 15 is 0 Å². The Morgan fingerprint density at radius 2 is 1.93 bits per heavy atom. The lowest BCUT2D eigenvalue weighted by Crippen LogP contribution is -2.33. The molecule has 1 amide bonds. The van der Waals surface area contributed by atoms with Gasteiger partial charge in [0.2, 0.25) is 0 Å². The topological polar surface area (TPSA) is 80.2 Å². The van der Waals surface area contributed by atoms with Gasteiger partial charge in [-0.2, -0.15) is 0 Å². The maximum absolute atomic E-state index is 12.1. The van der Waals surface area contributed by atoms with Gasteiger partial charge >= 0.3 is 0 Å². The van der Waals surface area contributed by atoms with Crippen LogP contribution in [0.15, 0.2) is 67.4 Å². The van der Waals surface area contributed by atoms with Crippen molar-refractivity contribution < 1.29 is 9.53 Å². The minimum atomic E-state index is -0.159. The summed E-state index contributed by atoms with van der Waals surface area (Å²) >= 11 is 0. The molecule has 7 nitrogen and oxygen atoms in total. The third kappa shape index (κ3) is 6.65. The first-order valence-electron chi connectivity index (χ1n) is 9.47. The lowest BCUT2D eigenvalue weighted by Gasteiger charge is -2.18. The normalized spacial score (nSPS) is 11.8. The summed E-state index contributed by atoms with van der Waals surface area (Å²) in [7, 11) is 2.04. The summed E-state index contributed by atoms with van der Waals surface area (Å²) < 4.78 is 5.97. The fourth-order valence-electron chi connectivity index (χ4n) is 2.89. The summed E-state index contributed by atoms with van der Waals surface area (Å²) in [5.74, 6) is 0.642. The zero-order chi connectivity index (χ0) is 20.5. The van der Waals surface area contributed by atoms with Crippen LogP contribution in [-0.4, -0.2) is 45.5 Å². The van der Waals surface area contributed by atoms with E-state index in [1.807, 2.05) is 32.2 Å². The Hall–Kier alpha value is -3.32. The lowest BCUT2D eigenvalue weighted by atomic mass is 10.2. The molecule has 2 aromatic heterocycles. The van der Waals surface area contributed by atoms with Gasteiger partial charge < -0.3 is 10.1 Å². The summed E-state index contributed by atoms with van der Waals surface area (Å²) in [6, 6.07) is 11.4. The molecule has 2 heterocycles. The zero-order valence-corrected chi connectivity index (χ0v) is 16.7. The summed E-state index contributed by atoms with van der Waals surface area (Å²) in [4.78, 5) is 26.6. The van der Waals surface area contributed by atoms with E-state index in [4.69, 9.17) is 4.74 Å². The van der Waals surface area contributed by atoms with Crippen LogP contribution in [0, 0.1) is 0 Å². The number of aromatic nitrogens is 3. The van der Waals surface area contributed by atoms with Crippen LogP contribution in [-0.2, 0) is 13.1 Å². The first kappa shape index (κ1) is 20.4. The number of rotatable bonds is 9. The smallest absolute Gasteiger partial charge is 0.251 e. The number of hydrogen-bond donors (Lipinski definition) is 1. The maximum atomic E-state index is 12.1. The number of carbonyl (C=O) groups excluding carboxylic acids is 1. The molecule has 150 valence electrons. The van der Waals surface area contributed by atoms with E-state index in [9.17, 15) is 4.79 Å². The third-order valence-electron chi connectivity index (χ3n) is 4.23. The van der Waals surface area contributed by atoms with Gasteiger partial charge in [-0.3, -0.25) is 24.6 Å². The van der Waals surface area contributed by atoms with Gasteiger partial charge in [0.1, 0.15) is 11.9 Å². The fraction of sp³-hybridized carbons (Fsp3) is 0.273. The Balaban J connectivity index is 1.49. The Kier molecular flexibility index (Phi) is 7.24. The highest BCUT2D eigenvalue weighted by Crippen LogP contribution is 2.16. The van der Waals surface area contributed by atoms with Crippen LogP contribution < -0.4 is 10.1 Å². The number of nitrogens with one attached hydrogen (secondary N) is 1. The van der Waals surface area contributed by atoms with Gasteiger partial charge in [0.15, 0.2) is 0 Å². The van der Waals surface area contributed by atoms with Crippen LogP contribution in [0.25, 0.3) is 0 Å². The van der Waals surface area contributed by atoms with E-state index in [-0.39, 0.29) is 12.0 Å². The Morgan fingerprint density at radius 3 is 2.69 bits per heavy atom. The van der Waals surface area contributed by atoms with Gasteiger partial charge in [0, 0.05) is 49.6 Å². The second-order valence-electron chi connectivity index (χ2n) is 6.89. The molecule has 0 aliphatic heterocycles. The van der Waals surface area contributed by atoms with Crippen LogP contribution >= 0.6 is 0 Å². The van der Waals surface area contributed by atoms with Crippen LogP contribution in [0.1, 0.15) is 28.5 Å². The van der Waals surface area contributed by atoms with E-state index in [1.165, 1.54) is 0 Å². The van der Waals surface area contributed by atoms with Crippen molar-refractivity contribution in [3.05, 3.63) is 84.2 Å². The molecule has 0 aliphatic carbocycles. The molecule has 1 aromatic carbocycles. The summed E-state index contributed by atoms with van der Waals surface area (Å²) in [5.41, 5.74) is 2.66. The molecule has 0 radical (unpaired) electrons. The van der Waals surface area contributed by atoms with E-state index in [2.05, 4.69) is 31.2 Å². The average molecular weight is 391 g/mol. The van der Waals surface area contributed by atoms with Crippen molar-refractivity contribution in [2.75, 3.05) is 13.6 Å². The minimum absolute atomic E-state index is 0.137. The highest BCUT2D eigenvalue weighted by molar-refractivity contribution is 5.93. The molecule has 0 saturated carbocycles. The van der Waals surface area contributed by atoms with E-state index in [1.54, 1.807) is 43.1 Å². The fourth-order valence-corrected chi connectivity index (χ4v) is 2.89. The zero-order valence-electron chi connectivity index (χ0n) is 16.7. The molecule has 1 atom stereocenters. The third-order valence-corrected chi connectivity index (χ3v) is 4.23. The number of carbonyl (C=O) groups is 1. The number of nitrogens with zero attached hydrogens (tertiary/aromatic N) is 4. The summed E-state index contributed by atoms with van der Waals surface area (Å²) in [6.07, 6.45) is 8.19. The second kappa shape index (κ2) is 10.3. The van der Waals surface area contributed by atoms with Gasteiger partial charge in [0.05, 0.1) is 12.2 Å². The van der Waals surface area contributed by atoms with Gasteiger partial charge in [-0.15, -0.1) is 0 Å². The molecule has 0 fully saturated rings. The predicted octanol–water partition coefficient (Wildman–Crippen LogP) is 2.70. The Labute approximate surface area is 170 Å². The van der Waals surface area contributed by atoms with Crippen molar-refractivity contribution in [1.82, 2.24) is 25.2 Å². The molecule has 1 N–H and O–H groups in total. The van der Waals surface area contributed by atoms with Gasteiger partial charge in [-0.25, -0.2) is 0 Å². The number of benzene rings is 1. The number of amides is 1. The quantitative estimate of drug-likeness (QED) is 0.604. The van der Waals surface area contributed by atoms with Crippen LogP contribution in [0.4, 0.5) is 0 Å². The average Bonchev–Trinajstić information content (AvgIpc) is 2.73. The molecule has 0 spiro atoms. The summed E-state index contributed by atoms with van der Waals surface area (Å²) in [6.45, 7) is 3.83. The van der Waals surface area contributed by atoms with Gasteiger partial charge in [0.25, 0.3) is 5.91 Å². The Bertz CT molecular complexity index is 905. The van der Waals surface area contributed by atoms with Crippen molar-refractivity contribution in [3.8, 4) is 5.75 Å². The molecule has 29 heavy (non-hydrogen) atoms. The van der Waals surface area contributed by atoms with Crippen LogP contribution in [0.3, 0.4) is 0 Å². The van der Waals surface area contributed by atoms with Crippen molar-refractivity contribution in [2.24, 2.45) is 0 Å². The summed E-state index contributed by atoms with van der Waals surface area (Å²) in [5, 5.41) is 2.88. The van der Waals surface area contributed by atoms with Crippen molar-refractivity contribution >= 4 is 5.91 Å². The molecule has 1 unspecified atom stereocenters. The van der Waals surface area contributed by atoms with Crippen LogP contribution in [0.5, 0.6) is 5.75 Å². The van der Waals surface area contributed by atoms with E-state index in [0.29, 0.717) is 12.1 Å². The monoisotopic (exact) mass is 391 g/mol. The molecule has 0 saturated heterocycles. The molecule has 7 heteroatoms. The molecular weight excluding hydrogens is 366 g/mol. The SMILES string of the molecule is CC(CNC(=O)c1ccncc1)Oc1cccc(CN(C)Cc2cnccn2)c1. The maximum Gasteiger partial charge on any atom is 0.251 e. The Morgan fingerprint density at radius 1 is 1.10 bits per heavy atom. The number of pyridine rings is 1. The second-order valence-corrected chi connectivity index (χ2v) is 6.89. The molecule has 0 bridgehead atoms. The molecule has 0 aliphatic rings. The predicted molar refractivity (Wildman–Crippen MR) is 110 cm³/mol. The molecule has 3 rings (SSSR count). The van der Waals surface area contributed by atoms with Gasteiger partial charge in [-0.05, 0) is 43.8 Å². The number of hydrogen-bond acceptors (Lipinski definition) is 6. The van der Waals surface area contributed by atoms with Crippen molar-refractivity contribution in [3.63, 3.8) is 0 Å². The van der Waals surface area contributed by atoms with E-state index in [0.717, 1.165) is 30.1 Å². The molecular formula is C22H25N5O2. The van der Waals surface area contributed by atoms with Crippen molar-refractivity contribution in [1.29, 1.82) is 0 Å². The number of ether oxygens (including phenoxy) is 1. The first-order valence-corrected chi connectivity index (χ1v) is 9.47. The lowest BCUT2D eigenvalue weighted by molar-refractivity contribution is 0.0932. The molecule has 3 aromatic rings. The highest BCUT2D eigenvalue weighted by atomic mass is 16.5. The minimum Gasteiger partial charge on any atom is -0.489 e. The van der Waals surface area contributed by atoms with E-state index < -0.39 is 0 Å². The van der Waals surface area contributed by atoms with Crippen molar-refractivity contribution in [2.45, 2.75) is 26.1 Å². The van der Waals surface area contributed by atoms with Crippen LogP contribution in [0.2, 0.25) is 0 Å². The van der Waals surface area contributed by atoms with Gasteiger partial charge in [-0.1, -0.05) is 12.1 Å². The largest absolute Gasteiger partial charge is 0.489 e. The standard InChI is InChI=1S/C22H25N5O2/c1-17(13-26-22(28)19-6-8-23-9-7-19)29-21-5-3-4-18(12-21)15-27(2)16-20-14-24-10-11-25-20/h3-12,14,17H,13,15-16H2,1-2H3,(H,26,28). The highest BCUT2D eigenvalue weighted by Gasteiger charge is 2.10. The first-order chi connectivity index (χ1) is 14.1.